The van der Waals surface area contributed by atoms with Crippen molar-refractivity contribution in [2.24, 2.45) is 5.92 Å². The van der Waals surface area contributed by atoms with E-state index in [1.54, 1.807) is 18.2 Å². The summed E-state index contributed by atoms with van der Waals surface area (Å²) in [7, 11) is -3.61. The van der Waals surface area contributed by atoms with Crippen LogP contribution in [0.1, 0.15) is 41.1 Å². The maximum atomic E-state index is 13.2. The summed E-state index contributed by atoms with van der Waals surface area (Å²) in [6.45, 7) is 2.59. The molecule has 3 aromatic rings. The van der Waals surface area contributed by atoms with Gasteiger partial charge < -0.3 is 5.32 Å². The number of amides is 1. The monoisotopic (exact) mass is 530 g/mol. The highest BCUT2D eigenvalue weighted by Gasteiger charge is 2.33. The summed E-state index contributed by atoms with van der Waals surface area (Å²) in [5.74, 6) is -0.584. The second kappa shape index (κ2) is 11.1. The first kappa shape index (κ1) is 25.7. The molecule has 0 radical (unpaired) electrons. The van der Waals surface area contributed by atoms with Crippen molar-refractivity contribution >= 4 is 39.1 Å². The number of nitrogens with zero attached hydrogens (tertiary/aromatic N) is 1. The summed E-state index contributed by atoms with van der Waals surface area (Å²) in [6, 6.07) is 22.7. The minimum atomic E-state index is -3.61. The summed E-state index contributed by atoms with van der Waals surface area (Å²) in [5.41, 5.74) is 3.56. The number of carbonyl (C=O) groups is 1. The molecule has 1 aliphatic heterocycles. The van der Waals surface area contributed by atoms with Gasteiger partial charge in [0.15, 0.2) is 0 Å². The zero-order valence-electron chi connectivity index (χ0n) is 19.5. The van der Waals surface area contributed by atoms with Crippen LogP contribution >= 0.6 is 23.2 Å². The van der Waals surface area contributed by atoms with Gasteiger partial charge in [0.1, 0.15) is 0 Å². The normalized spacial score (nSPS) is 16.1. The molecule has 1 aliphatic rings. The van der Waals surface area contributed by atoms with Crippen LogP contribution in [-0.2, 0) is 20.6 Å². The highest BCUT2D eigenvalue weighted by molar-refractivity contribution is 7.88. The average Bonchev–Trinajstić information content (AvgIpc) is 2.86. The molecule has 0 aliphatic carbocycles. The van der Waals surface area contributed by atoms with E-state index in [1.165, 1.54) is 4.31 Å². The van der Waals surface area contributed by atoms with Crippen LogP contribution in [0, 0.1) is 12.8 Å². The van der Waals surface area contributed by atoms with Crippen molar-refractivity contribution in [3.63, 3.8) is 0 Å². The fourth-order valence-electron chi connectivity index (χ4n) is 4.36. The fourth-order valence-corrected chi connectivity index (χ4v) is 6.68. The molecule has 0 bridgehead atoms. The molecule has 5 nitrogen and oxygen atoms in total. The Labute approximate surface area is 217 Å². The fraction of sp³-hybridized carbons (Fsp3) is 0.296. The predicted octanol–water partition coefficient (Wildman–Crippen LogP) is 5.75. The molecule has 0 spiro atoms. The molecule has 1 heterocycles. The van der Waals surface area contributed by atoms with Gasteiger partial charge in [-0.15, -0.1) is 0 Å². The van der Waals surface area contributed by atoms with Crippen molar-refractivity contribution < 1.29 is 13.2 Å². The number of nitrogens with one attached hydrogen (secondary N) is 1. The third-order valence-electron chi connectivity index (χ3n) is 6.44. The number of aryl methyl sites for hydroxylation is 1. The average molecular weight is 532 g/mol. The Kier molecular flexibility index (Phi) is 8.17. The molecule has 4 rings (SSSR count). The van der Waals surface area contributed by atoms with E-state index in [0.717, 1.165) is 16.7 Å². The lowest BCUT2D eigenvalue weighted by atomic mass is 9.94. The van der Waals surface area contributed by atoms with E-state index >= 15 is 0 Å². The SMILES string of the molecule is Cc1ccc([C@@H](NC(=O)C2CCN(S(=O)(=O)Cc3c(Cl)cccc3Cl)CC2)c2ccccc2)cc1. The number of hydrogen-bond donors (Lipinski definition) is 1. The number of benzene rings is 3. The Morgan fingerprint density at radius 2 is 1.49 bits per heavy atom. The Morgan fingerprint density at radius 1 is 0.914 bits per heavy atom. The molecule has 0 unspecified atom stereocenters. The van der Waals surface area contributed by atoms with Gasteiger partial charge in [-0.05, 0) is 43.0 Å². The van der Waals surface area contributed by atoms with Crippen molar-refractivity contribution in [3.05, 3.63) is 105 Å². The predicted molar refractivity (Wildman–Crippen MR) is 141 cm³/mol. The largest absolute Gasteiger partial charge is 0.345 e. The number of carbonyl (C=O) groups excluding carboxylic acids is 1. The first-order chi connectivity index (χ1) is 16.7. The number of sulfonamides is 1. The minimum Gasteiger partial charge on any atom is -0.345 e. The van der Waals surface area contributed by atoms with Crippen molar-refractivity contribution in [3.8, 4) is 0 Å². The van der Waals surface area contributed by atoms with Gasteiger partial charge in [-0.25, -0.2) is 12.7 Å². The van der Waals surface area contributed by atoms with Crippen LogP contribution < -0.4 is 5.32 Å². The van der Waals surface area contributed by atoms with Gasteiger partial charge in [-0.1, -0.05) is 89.4 Å². The van der Waals surface area contributed by atoms with E-state index in [2.05, 4.69) is 5.32 Å². The van der Waals surface area contributed by atoms with Gasteiger partial charge in [0.2, 0.25) is 15.9 Å². The highest BCUT2D eigenvalue weighted by atomic mass is 35.5. The van der Waals surface area contributed by atoms with E-state index in [-0.39, 0.29) is 36.7 Å². The van der Waals surface area contributed by atoms with Crippen LogP contribution in [0.2, 0.25) is 10.0 Å². The Balaban J connectivity index is 1.43. The molecule has 1 N–H and O–H groups in total. The Bertz CT molecular complexity index is 1250. The van der Waals surface area contributed by atoms with Crippen molar-refractivity contribution in [2.75, 3.05) is 13.1 Å². The zero-order valence-corrected chi connectivity index (χ0v) is 21.8. The van der Waals surface area contributed by atoms with E-state index in [0.29, 0.717) is 28.5 Å². The molecule has 1 amide bonds. The van der Waals surface area contributed by atoms with Crippen LogP contribution in [-0.4, -0.2) is 31.7 Å². The summed E-state index contributed by atoms with van der Waals surface area (Å²) in [4.78, 5) is 13.2. The number of hydrogen-bond acceptors (Lipinski definition) is 3. The van der Waals surface area contributed by atoms with E-state index < -0.39 is 10.0 Å². The topological polar surface area (TPSA) is 66.5 Å². The van der Waals surface area contributed by atoms with Gasteiger partial charge in [0.25, 0.3) is 0 Å². The lowest BCUT2D eigenvalue weighted by Gasteiger charge is -2.32. The first-order valence-electron chi connectivity index (χ1n) is 11.6. The number of rotatable bonds is 7. The van der Waals surface area contributed by atoms with Crippen LogP contribution in [0.5, 0.6) is 0 Å². The van der Waals surface area contributed by atoms with Gasteiger partial charge >= 0.3 is 0 Å². The minimum absolute atomic E-state index is 0.0642. The number of piperidine rings is 1. The highest BCUT2D eigenvalue weighted by Crippen LogP contribution is 2.30. The standard InChI is InChI=1S/C27H28Cl2N2O3S/c1-19-10-12-21(13-11-19)26(20-6-3-2-4-7-20)30-27(32)22-14-16-31(17-15-22)35(33,34)18-23-24(28)8-5-9-25(23)29/h2-13,22,26H,14-18H2,1H3,(H,30,32)/t26-/m0/s1. The van der Waals surface area contributed by atoms with Crippen LogP contribution in [0.3, 0.4) is 0 Å². The third kappa shape index (κ3) is 6.25. The number of halogens is 2. The molecular formula is C27H28Cl2N2O3S. The van der Waals surface area contributed by atoms with Gasteiger partial charge in [0, 0.05) is 34.6 Å². The van der Waals surface area contributed by atoms with E-state index in [9.17, 15) is 13.2 Å². The molecule has 184 valence electrons. The van der Waals surface area contributed by atoms with Gasteiger partial charge in [0.05, 0.1) is 11.8 Å². The molecular weight excluding hydrogens is 503 g/mol. The maximum Gasteiger partial charge on any atom is 0.223 e. The summed E-state index contributed by atoms with van der Waals surface area (Å²) < 4.78 is 27.5. The molecule has 35 heavy (non-hydrogen) atoms. The molecule has 1 fully saturated rings. The van der Waals surface area contributed by atoms with Crippen LogP contribution in [0.25, 0.3) is 0 Å². The molecule has 3 aromatic carbocycles. The zero-order chi connectivity index (χ0) is 25.0. The quantitative estimate of drug-likeness (QED) is 0.422. The summed E-state index contributed by atoms with van der Waals surface area (Å²) in [6.07, 6.45) is 0.910. The first-order valence-corrected chi connectivity index (χ1v) is 13.9. The van der Waals surface area contributed by atoms with E-state index in [4.69, 9.17) is 23.2 Å². The molecule has 8 heteroatoms. The lowest BCUT2D eigenvalue weighted by molar-refractivity contribution is -0.126. The second-order valence-corrected chi connectivity index (χ2v) is 11.7. The summed E-state index contributed by atoms with van der Waals surface area (Å²) in [5, 5.41) is 3.87. The van der Waals surface area contributed by atoms with Crippen molar-refractivity contribution in [1.29, 1.82) is 0 Å². The molecule has 1 saturated heterocycles. The summed E-state index contributed by atoms with van der Waals surface area (Å²) >= 11 is 12.4. The maximum absolute atomic E-state index is 13.2. The third-order valence-corrected chi connectivity index (χ3v) is 8.95. The molecule has 0 aromatic heterocycles. The van der Waals surface area contributed by atoms with Gasteiger partial charge in [-0.3, -0.25) is 4.79 Å². The molecule has 1 atom stereocenters. The van der Waals surface area contributed by atoms with E-state index in [1.807, 2.05) is 61.5 Å². The second-order valence-electron chi connectivity index (χ2n) is 8.89. The Morgan fingerprint density at radius 3 is 2.09 bits per heavy atom. The van der Waals surface area contributed by atoms with Gasteiger partial charge in [-0.2, -0.15) is 0 Å². The van der Waals surface area contributed by atoms with Crippen LogP contribution in [0.4, 0.5) is 0 Å². The Hall–Kier alpha value is -2.38. The lowest BCUT2D eigenvalue weighted by Crippen LogP contribution is -2.44. The smallest absolute Gasteiger partial charge is 0.223 e. The van der Waals surface area contributed by atoms with Crippen LogP contribution in [0.15, 0.2) is 72.8 Å². The molecule has 0 saturated carbocycles. The van der Waals surface area contributed by atoms with Crippen molar-refractivity contribution in [2.45, 2.75) is 31.6 Å². The van der Waals surface area contributed by atoms with Crippen molar-refractivity contribution in [1.82, 2.24) is 9.62 Å².